The normalized spacial score (nSPS) is 13.9. The summed E-state index contributed by atoms with van der Waals surface area (Å²) in [6.45, 7) is 21.4. The molecule has 1 amide bonds. The van der Waals surface area contributed by atoms with Gasteiger partial charge in [-0.15, -0.1) is 0 Å². The average molecular weight is 975 g/mol. The van der Waals surface area contributed by atoms with Crippen LogP contribution in [0.5, 0.6) is 17.2 Å². The number of carbonyl (C=O) groups excluding carboxylic acids is 1. The maximum absolute atomic E-state index is 11.6. The van der Waals surface area contributed by atoms with Gasteiger partial charge in [0.05, 0.1) is 42.6 Å². The number of nitrogens with zero attached hydrogens (tertiary/aromatic N) is 9. The number of likely N-dealkylation sites (N-methyl/N-ethyl adjacent to an activating group) is 2. The van der Waals surface area contributed by atoms with E-state index in [1.807, 2.05) is 49.1 Å². The number of fused-ring (bicyclic) bond motifs is 1. The molecule has 6 heterocycles. The van der Waals surface area contributed by atoms with Crippen LogP contribution in [-0.2, 0) is 11.8 Å². The third kappa shape index (κ3) is 12.5. The number of ether oxygens (including phenoxy) is 2. The number of pyridine rings is 2. The molecule has 366 valence electrons. The van der Waals surface area contributed by atoms with Crippen LogP contribution in [0.1, 0.15) is 5.56 Å². The van der Waals surface area contributed by atoms with Gasteiger partial charge in [-0.05, 0) is 86.8 Å². The number of methoxy groups -OCH3 is 1. The Hall–Kier alpha value is -7.92. The first-order chi connectivity index (χ1) is 34.4. The molecule has 0 radical (unpaired) electrons. The summed E-state index contributed by atoms with van der Waals surface area (Å²) in [6.07, 6.45) is 10.2. The molecule has 2 saturated heterocycles. The molecule has 17 heteroatoms. The molecule has 4 aromatic heterocycles. The van der Waals surface area contributed by atoms with Crippen LogP contribution in [0.2, 0.25) is 5.02 Å². The van der Waals surface area contributed by atoms with Gasteiger partial charge in [0.1, 0.15) is 33.7 Å². The Morgan fingerprint density at radius 1 is 0.732 bits per heavy atom. The van der Waals surface area contributed by atoms with Crippen LogP contribution in [0.4, 0.5) is 46.0 Å². The molecule has 9 rings (SSSR count). The van der Waals surface area contributed by atoms with Crippen molar-refractivity contribution < 1.29 is 14.3 Å². The lowest BCUT2D eigenvalue weighted by Crippen LogP contribution is -2.44. The minimum Gasteiger partial charge on any atom is -0.494 e. The summed E-state index contributed by atoms with van der Waals surface area (Å²) in [6, 6.07) is 25.3. The van der Waals surface area contributed by atoms with E-state index in [1.54, 1.807) is 43.5 Å². The highest BCUT2D eigenvalue weighted by Crippen LogP contribution is 2.36. The van der Waals surface area contributed by atoms with Crippen LogP contribution >= 0.6 is 11.6 Å². The van der Waals surface area contributed by atoms with Crippen LogP contribution in [0.25, 0.3) is 22.2 Å². The maximum Gasteiger partial charge on any atom is 0.247 e. The summed E-state index contributed by atoms with van der Waals surface area (Å²) in [5.41, 5.74) is 10.3. The number of aromatic nitrogens is 5. The molecule has 0 aliphatic carbocycles. The zero-order valence-corrected chi connectivity index (χ0v) is 41.6. The molecule has 3 aromatic carbocycles. The molecule has 0 saturated carbocycles. The fourth-order valence-corrected chi connectivity index (χ4v) is 8.31. The van der Waals surface area contributed by atoms with Gasteiger partial charge in [-0.2, -0.15) is 0 Å². The first-order valence-corrected chi connectivity index (χ1v) is 23.7. The summed E-state index contributed by atoms with van der Waals surface area (Å²) in [5, 5.41) is 12.9. The number of carbonyl (C=O) groups is 1. The number of hydrogen-bond donors (Lipinski definition) is 4. The molecule has 16 nitrogen and oxygen atoms in total. The van der Waals surface area contributed by atoms with Crippen molar-refractivity contribution in [2.24, 2.45) is 7.05 Å². The molecule has 0 spiro atoms. The Morgan fingerprint density at radius 3 is 2.13 bits per heavy atom. The monoisotopic (exact) mass is 973 g/mol. The second-order valence-electron chi connectivity index (χ2n) is 17.4. The number of amides is 1. The van der Waals surface area contributed by atoms with E-state index in [4.69, 9.17) is 26.1 Å². The van der Waals surface area contributed by atoms with E-state index in [0.717, 1.165) is 114 Å². The molecular weight excluding hydrogens is 914 g/mol. The lowest BCUT2D eigenvalue weighted by atomic mass is 10.1. The minimum absolute atomic E-state index is 0.299. The quantitative estimate of drug-likeness (QED) is 0.0569. The zero-order chi connectivity index (χ0) is 50.0. The number of nitrogens with one attached hydrogen (secondary N) is 4. The fourth-order valence-electron chi connectivity index (χ4n) is 8.17. The van der Waals surface area contributed by atoms with E-state index in [2.05, 4.69) is 126 Å². The van der Waals surface area contributed by atoms with E-state index in [-0.39, 0.29) is 5.91 Å². The van der Waals surface area contributed by atoms with Gasteiger partial charge in [-0.1, -0.05) is 49.5 Å². The van der Waals surface area contributed by atoms with Crippen molar-refractivity contribution in [3.8, 4) is 28.4 Å². The van der Waals surface area contributed by atoms with Crippen molar-refractivity contribution in [2.75, 3.05) is 105 Å². The van der Waals surface area contributed by atoms with Crippen LogP contribution in [-0.4, -0.2) is 114 Å². The summed E-state index contributed by atoms with van der Waals surface area (Å²) < 4.78 is 13.7. The van der Waals surface area contributed by atoms with E-state index in [9.17, 15) is 4.79 Å². The second-order valence-corrected chi connectivity index (χ2v) is 17.8. The first-order valence-electron chi connectivity index (χ1n) is 23.3. The molecule has 0 unspecified atom stereocenters. The van der Waals surface area contributed by atoms with E-state index in [1.165, 1.54) is 12.3 Å². The van der Waals surface area contributed by atoms with Gasteiger partial charge in [0.2, 0.25) is 11.9 Å². The van der Waals surface area contributed by atoms with Crippen molar-refractivity contribution in [3.63, 3.8) is 0 Å². The van der Waals surface area contributed by atoms with Gasteiger partial charge >= 0.3 is 0 Å². The van der Waals surface area contributed by atoms with Gasteiger partial charge in [0.15, 0.2) is 5.75 Å². The van der Waals surface area contributed by atoms with E-state index >= 15 is 0 Å². The number of anilines is 8. The van der Waals surface area contributed by atoms with E-state index < -0.39 is 0 Å². The maximum atomic E-state index is 11.6. The molecular formula is C54H60ClN13O3. The Labute approximate surface area is 420 Å². The summed E-state index contributed by atoms with van der Waals surface area (Å²) in [7, 11) is 8.00. The highest BCUT2D eigenvalue weighted by Gasteiger charge is 2.19. The fraction of sp³-hybridized carbons (Fsp3) is 0.241. The molecule has 71 heavy (non-hydrogen) atoms. The van der Waals surface area contributed by atoms with Crippen LogP contribution in [0, 0.1) is 6.92 Å². The third-order valence-corrected chi connectivity index (χ3v) is 12.5. The molecule has 2 fully saturated rings. The molecule has 2 aliphatic heterocycles. The Balaban J connectivity index is 0.000000191. The lowest BCUT2D eigenvalue weighted by Gasteiger charge is -2.34. The lowest BCUT2D eigenvalue weighted by molar-refractivity contribution is -0.111. The standard InChI is InChI=1S/C29H33N7O.C25H27ClN6O2/c1-6-20(2)31-22-9-7-8-21(16-22)24-19-35(4)26-18-30-29(33-28(24)26)32-25-11-10-23(17-27(25)37-5)36-14-12-34(3)13-15-36;1-4-24(33)29-18-6-5-7-20(13-18)34-22-14-23(27-16-21(22)26)30-25-17(2)12-19(15-28-25)32-10-8-31(3)9-11-32/h6-11,16-19,31H,1-2,12-15H2,3-5H3,(H,30,32,33);4-7,12-16H,1,8-11H2,2-3H3,(H,29,33)(H,27,28,30). The molecule has 2 aliphatic rings. The van der Waals surface area contributed by atoms with E-state index in [0.29, 0.717) is 39.8 Å². The largest absolute Gasteiger partial charge is 0.494 e. The Kier molecular flexibility index (Phi) is 15.8. The minimum atomic E-state index is -0.299. The predicted molar refractivity (Wildman–Crippen MR) is 289 cm³/mol. The number of aryl methyl sites for hydroxylation is 2. The van der Waals surface area contributed by atoms with Crippen molar-refractivity contribution in [1.29, 1.82) is 0 Å². The van der Waals surface area contributed by atoms with Crippen LogP contribution < -0.4 is 40.5 Å². The zero-order valence-electron chi connectivity index (χ0n) is 40.9. The molecule has 4 N–H and O–H groups in total. The number of allylic oxidation sites excluding steroid dienone is 1. The van der Waals surface area contributed by atoms with Gasteiger partial charge < -0.3 is 54.9 Å². The van der Waals surface area contributed by atoms with Crippen molar-refractivity contribution in [3.05, 3.63) is 152 Å². The number of benzene rings is 3. The predicted octanol–water partition coefficient (Wildman–Crippen LogP) is 10.1. The SMILES string of the molecule is C=CC(=C)Nc1cccc(-c2cn(C)c3cnc(Nc4ccc(N5CCN(C)CC5)cc4OC)nc23)c1.C=CC(=O)Nc1cccc(Oc2cc(Nc3ncc(N4CCN(C)CC4)cc3C)ncc2Cl)c1. The summed E-state index contributed by atoms with van der Waals surface area (Å²) >= 11 is 6.32. The summed E-state index contributed by atoms with van der Waals surface area (Å²) in [4.78, 5) is 39.4. The third-order valence-electron chi connectivity index (χ3n) is 12.3. The average Bonchev–Trinajstić information content (AvgIpc) is 3.71. The number of piperazine rings is 2. The number of rotatable bonds is 15. The first kappa shape index (κ1) is 49.5. The summed E-state index contributed by atoms with van der Waals surface area (Å²) in [5.74, 6) is 3.19. The van der Waals surface area contributed by atoms with Gasteiger partial charge in [0.25, 0.3) is 0 Å². The molecule has 7 aromatic rings. The molecule has 0 bridgehead atoms. The van der Waals surface area contributed by atoms with Gasteiger partial charge in [-0.25, -0.2) is 19.9 Å². The Morgan fingerprint density at radius 2 is 1.44 bits per heavy atom. The number of halogens is 1. The van der Waals surface area contributed by atoms with Crippen LogP contribution in [0.15, 0.2) is 141 Å². The topological polar surface area (TPSA) is 153 Å². The van der Waals surface area contributed by atoms with Crippen LogP contribution in [0.3, 0.4) is 0 Å². The Bertz CT molecular complexity index is 3050. The smallest absolute Gasteiger partial charge is 0.247 e. The van der Waals surface area contributed by atoms with Crippen molar-refractivity contribution in [1.82, 2.24) is 34.3 Å². The molecule has 0 atom stereocenters. The van der Waals surface area contributed by atoms with Gasteiger partial charge in [-0.3, -0.25) is 4.79 Å². The second kappa shape index (κ2) is 22.7. The van der Waals surface area contributed by atoms with Crippen molar-refractivity contribution in [2.45, 2.75) is 6.92 Å². The van der Waals surface area contributed by atoms with Gasteiger partial charge in [0, 0.05) is 112 Å². The highest BCUT2D eigenvalue weighted by atomic mass is 35.5. The number of hydrogen-bond acceptors (Lipinski definition) is 14. The van der Waals surface area contributed by atoms with Crippen molar-refractivity contribution >= 4 is 74.6 Å². The highest BCUT2D eigenvalue weighted by molar-refractivity contribution is 6.32.